The molecule has 0 spiro atoms. The molecule has 4 amide bonds. The van der Waals surface area contributed by atoms with Gasteiger partial charge in [-0.05, 0) is 151 Å². The Morgan fingerprint density at radius 3 is 1.96 bits per heavy atom. The Bertz CT molecular complexity index is 3090. The van der Waals surface area contributed by atoms with Gasteiger partial charge in [0.1, 0.15) is 35.3 Å². The fraction of sp³-hybridized carbons (Fsp3) is 0.358. The summed E-state index contributed by atoms with van der Waals surface area (Å²) in [4.78, 5) is 44.3. The van der Waals surface area contributed by atoms with Gasteiger partial charge in [-0.2, -0.15) is 5.01 Å². The van der Waals surface area contributed by atoms with Gasteiger partial charge in [0.2, 0.25) is 5.13 Å². The fourth-order valence-corrected chi connectivity index (χ4v) is 12.8. The van der Waals surface area contributed by atoms with Crippen LogP contribution in [0.5, 0.6) is 11.5 Å². The van der Waals surface area contributed by atoms with Crippen molar-refractivity contribution in [1.82, 2.24) is 30.1 Å². The summed E-state index contributed by atoms with van der Waals surface area (Å²) in [5, 5.41) is 9.80. The number of benzene rings is 5. The van der Waals surface area contributed by atoms with Crippen molar-refractivity contribution in [2.24, 2.45) is 5.92 Å². The Labute approximate surface area is 451 Å². The van der Waals surface area contributed by atoms with Gasteiger partial charge in [0.25, 0.3) is 0 Å². The number of anilines is 2. The van der Waals surface area contributed by atoms with Crippen molar-refractivity contribution in [3.05, 3.63) is 139 Å². The van der Waals surface area contributed by atoms with E-state index in [4.69, 9.17) is 65.8 Å². The first kappa shape index (κ1) is 52.8. The molecule has 3 atom stereocenters. The van der Waals surface area contributed by atoms with Gasteiger partial charge in [0.05, 0.1) is 30.5 Å². The largest absolute Gasteiger partial charge is 0.486 e. The number of ether oxygens (including phenoxy) is 2. The molecule has 2 aromatic heterocycles. The van der Waals surface area contributed by atoms with Crippen LogP contribution < -0.4 is 25.1 Å². The number of amides is 4. The maximum Gasteiger partial charge on any atom is 0.343 e. The molecule has 0 saturated carbocycles. The van der Waals surface area contributed by atoms with E-state index < -0.39 is 35.9 Å². The van der Waals surface area contributed by atoms with Gasteiger partial charge in [-0.3, -0.25) is 10.2 Å². The molecule has 20 heteroatoms. The lowest BCUT2D eigenvalue weighted by molar-refractivity contribution is 0.157. The average molecular weight is 1110 g/mol. The second-order valence-electron chi connectivity index (χ2n) is 18.5. The first-order chi connectivity index (χ1) is 35.2. The number of hydrazine groups is 1. The number of aromatic nitrogens is 2. The zero-order valence-electron chi connectivity index (χ0n) is 40.4. The number of carbonyl (C=O) groups is 2. The van der Waals surface area contributed by atoms with Crippen molar-refractivity contribution in [3.63, 3.8) is 0 Å². The Hall–Kier alpha value is -5.04. The molecule has 2 aliphatic heterocycles. The number of nitrogens with one attached hydrogen (secondary N) is 2. The van der Waals surface area contributed by atoms with Crippen molar-refractivity contribution in [3.8, 4) is 11.5 Å². The molecule has 2 fully saturated rings. The molecule has 2 saturated heterocycles. The monoisotopic (exact) mass is 1110 g/mol. The molecule has 73 heavy (non-hydrogen) atoms. The highest BCUT2D eigenvalue weighted by Crippen LogP contribution is 2.40. The SMILES string of the molecule is CC(Oc1ccc2nc(NC(=O)N(CCC3CCN(Cc4ccccc4)CC3)N(C(=O)NCCC3CCCN3C)c3nc4ccc(OC(C)c5c(Cl)ccc(F)c5Cl)cc4s3)sc2c1)c1c(Cl)ccc(F)c1Cl. The van der Waals surface area contributed by atoms with Gasteiger partial charge in [-0.15, -0.1) is 0 Å². The Balaban J connectivity index is 1.00. The highest BCUT2D eigenvalue weighted by molar-refractivity contribution is 7.22. The lowest BCUT2D eigenvalue weighted by Gasteiger charge is -2.36. The molecule has 2 N–H and O–H groups in total. The van der Waals surface area contributed by atoms with E-state index in [0.717, 1.165) is 58.3 Å². The number of likely N-dealkylation sites (tertiary alicyclic amines) is 2. The molecule has 12 nitrogen and oxygen atoms in total. The number of hydrogen-bond acceptors (Lipinski definition) is 10. The molecular weight excluding hydrogens is 1060 g/mol. The first-order valence-electron chi connectivity index (χ1n) is 24.2. The second-order valence-corrected chi connectivity index (χ2v) is 22.1. The average Bonchev–Trinajstić information content (AvgIpc) is 4.10. The van der Waals surface area contributed by atoms with Gasteiger partial charge in [-0.25, -0.2) is 33.3 Å². The second kappa shape index (κ2) is 23.7. The summed E-state index contributed by atoms with van der Waals surface area (Å²) in [6, 6.07) is 25.5. The van der Waals surface area contributed by atoms with Crippen molar-refractivity contribution in [2.45, 2.75) is 77.2 Å². The van der Waals surface area contributed by atoms with Crippen LogP contribution in [0.25, 0.3) is 20.4 Å². The summed E-state index contributed by atoms with van der Waals surface area (Å²) in [6.45, 7) is 7.71. The highest BCUT2D eigenvalue weighted by atomic mass is 35.5. The number of hydrogen-bond donors (Lipinski definition) is 2. The van der Waals surface area contributed by atoms with E-state index in [1.165, 1.54) is 62.5 Å². The Kier molecular flexibility index (Phi) is 17.1. The molecule has 9 rings (SSSR count). The van der Waals surface area contributed by atoms with E-state index in [0.29, 0.717) is 67.2 Å². The van der Waals surface area contributed by atoms with Gasteiger partial charge >= 0.3 is 12.1 Å². The quantitative estimate of drug-likeness (QED) is 0.0726. The molecule has 384 valence electrons. The third-order valence-electron chi connectivity index (χ3n) is 13.5. The number of nitrogens with zero attached hydrogens (tertiary/aromatic N) is 6. The number of fused-ring (bicyclic) bond motifs is 2. The minimum absolute atomic E-state index is 0.112. The van der Waals surface area contributed by atoms with Gasteiger partial charge < -0.3 is 19.7 Å². The number of piperidine rings is 1. The minimum Gasteiger partial charge on any atom is -0.486 e. The maximum atomic E-state index is 15.0. The van der Waals surface area contributed by atoms with Crippen molar-refractivity contribution >= 4 is 112 Å². The summed E-state index contributed by atoms with van der Waals surface area (Å²) in [5.74, 6) is -0.0299. The smallest absolute Gasteiger partial charge is 0.343 e. The van der Waals surface area contributed by atoms with Crippen LogP contribution in [0.3, 0.4) is 0 Å². The predicted octanol–water partition coefficient (Wildman–Crippen LogP) is 14.8. The summed E-state index contributed by atoms with van der Waals surface area (Å²) < 4.78 is 42.8. The molecule has 0 aliphatic carbocycles. The number of urea groups is 2. The van der Waals surface area contributed by atoms with E-state index in [1.807, 2.05) is 6.07 Å². The molecule has 2 aliphatic rings. The van der Waals surface area contributed by atoms with Gasteiger partial charge in [-0.1, -0.05) is 99.4 Å². The molecule has 0 bridgehead atoms. The topological polar surface area (TPSA) is 115 Å². The van der Waals surface area contributed by atoms with E-state index >= 15 is 4.79 Å². The number of thiazole rings is 2. The molecule has 4 heterocycles. The van der Waals surface area contributed by atoms with Crippen molar-refractivity contribution in [1.29, 1.82) is 0 Å². The molecule has 0 radical (unpaired) electrons. The lowest BCUT2D eigenvalue weighted by Crippen LogP contribution is -2.56. The lowest BCUT2D eigenvalue weighted by atomic mass is 9.93. The third kappa shape index (κ3) is 12.6. The van der Waals surface area contributed by atoms with Crippen LogP contribution in [0, 0.1) is 17.6 Å². The number of carbonyl (C=O) groups excluding carboxylic acids is 2. The van der Waals surface area contributed by atoms with Crippen LogP contribution in [-0.4, -0.2) is 82.7 Å². The van der Waals surface area contributed by atoms with Crippen molar-refractivity contribution < 1.29 is 27.8 Å². The normalized spacial score (nSPS) is 16.4. The Morgan fingerprint density at radius 1 is 0.753 bits per heavy atom. The summed E-state index contributed by atoms with van der Waals surface area (Å²) in [5.41, 5.74) is 3.07. The van der Waals surface area contributed by atoms with Crippen LogP contribution in [-0.2, 0) is 6.54 Å². The van der Waals surface area contributed by atoms with E-state index in [9.17, 15) is 13.6 Å². The van der Waals surface area contributed by atoms with Crippen molar-refractivity contribution in [2.75, 3.05) is 50.1 Å². The molecule has 3 unspecified atom stereocenters. The van der Waals surface area contributed by atoms with E-state index in [2.05, 4.69) is 51.7 Å². The maximum absolute atomic E-state index is 15.0. The number of rotatable bonds is 16. The van der Waals surface area contributed by atoms with Crippen LogP contribution in [0.2, 0.25) is 20.1 Å². The van der Waals surface area contributed by atoms with Crippen LogP contribution in [0.15, 0.2) is 91.0 Å². The summed E-state index contributed by atoms with van der Waals surface area (Å²) in [7, 11) is 2.10. The molecular formula is C53H54Cl4F2N8O4S2. The zero-order chi connectivity index (χ0) is 51.3. The Morgan fingerprint density at radius 2 is 1.36 bits per heavy atom. The highest BCUT2D eigenvalue weighted by Gasteiger charge is 2.33. The summed E-state index contributed by atoms with van der Waals surface area (Å²) in [6.07, 6.45) is 3.94. The van der Waals surface area contributed by atoms with Gasteiger partial charge in [0, 0.05) is 46.8 Å². The standard InChI is InChI=1S/C53H54Cl4F2N8O4S2/c1-31(46-38(54)13-15-40(58)48(46)56)70-36-11-17-42-44(28-36)72-50(61-42)63-52(69)66(27-22-33-20-25-65(26-21-33)30-34-8-5-4-6-9-34)67(51(68)60-23-19-35-10-7-24-64(35)3)53-62-43-18-12-37(29-45(43)73-53)71-32(2)47-39(55)14-16-41(59)49(47)57/h4-6,8-9,11-18,28-29,31-33,35H,7,10,19-27,30H2,1-3H3,(H,60,68)(H,61,63,69). The predicted molar refractivity (Wildman–Crippen MR) is 291 cm³/mol. The first-order valence-corrected chi connectivity index (χ1v) is 27.4. The number of halogens is 6. The third-order valence-corrected chi connectivity index (χ3v) is 16.9. The van der Waals surface area contributed by atoms with E-state index in [1.54, 1.807) is 50.2 Å². The van der Waals surface area contributed by atoms with Gasteiger partial charge in [0.15, 0.2) is 5.13 Å². The zero-order valence-corrected chi connectivity index (χ0v) is 45.0. The molecule has 5 aromatic carbocycles. The van der Waals surface area contributed by atoms with Crippen LogP contribution in [0.1, 0.15) is 81.3 Å². The molecule has 7 aromatic rings. The minimum atomic E-state index is -0.713. The summed E-state index contributed by atoms with van der Waals surface area (Å²) >= 11 is 27.9. The fourth-order valence-electron chi connectivity index (χ4n) is 9.54. The van der Waals surface area contributed by atoms with Crippen LogP contribution in [0.4, 0.5) is 28.6 Å². The van der Waals surface area contributed by atoms with E-state index in [-0.39, 0.29) is 37.7 Å². The van der Waals surface area contributed by atoms with Crippen LogP contribution >= 0.6 is 69.1 Å².